The van der Waals surface area contributed by atoms with Crippen molar-refractivity contribution in [1.29, 1.82) is 0 Å². The van der Waals surface area contributed by atoms with Gasteiger partial charge in [-0.25, -0.2) is 0 Å². The number of halogens is 6. The zero-order valence-corrected chi connectivity index (χ0v) is 10.3. The molecular weight excluding hydrogens is 288 g/mol. The second-order valence-corrected chi connectivity index (χ2v) is 4.14. The molecule has 8 heteroatoms. The average Bonchev–Trinajstić information content (AvgIpc) is 2.28. The van der Waals surface area contributed by atoms with Crippen LogP contribution in [-0.4, -0.2) is 19.1 Å². The number of ether oxygens (including phenoxy) is 1. The Morgan fingerprint density at radius 1 is 1.00 bits per heavy atom. The van der Waals surface area contributed by atoms with E-state index in [1.807, 2.05) is 0 Å². The van der Waals surface area contributed by atoms with Crippen LogP contribution in [0.1, 0.15) is 24.3 Å². The third kappa shape index (κ3) is 5.28. The molecule has 0 amide bonds. The van der Waals surface area contributed by atoms with Crippen LogP contribution < -0.4 is 10.5 Å². The van der Waals surface area contributed by atoms with Crippen LogP contribution in [0.5, 0.6) is 5.75 Å². The summed E-state index contributed by atoms with van der Waals surface area (Å²) >= 11 is 0. The minimum absolute atomic E-state index is 0.111. The molecule has 0 saturated carbocycles. The normalized spacial score (nSPS) is 14.2. The Morgan fingerprint density at radius 3 is 1.95 bits per heavy atom. The molecule has 1 aromatic carbocycles. The van der Waals surface area contributed by atoms with E-state index < -0.39 is 24.2 Å². The molecule has 20 heavy (non-hydrogen) atoms. The number of benzene rings is 1. The van der Waals surface area contributed by atoms with E-state index in [1.54, 1.807) is 0 Å². The topological polar surface area (TPSA) is 35.2 Å². The zero-order valence-electron chi connectivity index (χ0n) is 10.3. The van der Waals surface area contributed by atoms with Gasteiger partial charge in [0.1, 0.15) is 5.75 Å². The van der Waals surface area contributed by atoms with E-state index in [2.05, 4.69) is 4.74 Å². The molecule has 0 aliphatic rings. The van der Waals surface area contributed by atoms with Gasteiger partial charge in [0, 0.05) is 0 Å². The molecule has 1 rings (SSSR count). The summed E-state index contributed by atoms with van der Waals surface area (Å²) in [5.41, 5.74) is 5.07. The van der Waals surface area contributed by atoms with Crippen molar-refractivity contribution < 1.29 is 31.1 Å². The van der Waals surface area contributed by atoms with Crippen molar-refractivity contribution >= 4 is 0 Å². The van der Waals surface area contributed by atoms with Crippen LogP contribution in [-0.2, 0) is 0 Å². The van der Waals surface area contributed by atoms with Gasteiger partial charge in [0.2, 0.25) is 0 Å². The first-order valence-electron chi connectivity index (χ1n) is 5.76. The largest absolute Gasteiger partial charge is 0.573 e. The summed E-state index contributed by atoms with van der Waals surface area (Å²) in [6.45, 7) is 0.113. The Morgan fingerprint density at radius 2 is 1.55 bits per heavy atom. The zero-order chi connectivity index (χ0) is 15.4. The lowest BCUT2D eigenvalue weighted by Gasteiger charge is -2.20. The number of hydrogen-bond donors (Lipinski definition) is 1. The van der Waals surface area contributed by atoms with E-state index in [0.717, 1.165) is 24.3 Å². The van der Waals surface area contributed by atoms with Crippen molar-refractivity contribution in [2.24, 2.45) is 5.73 Å². The van der Waals surface area contributed by atoms with Gasteiger partial charge in [-0.1, -0.05) is 12.1 Å². The van der Waals surface area contributed by atoms with Gasteiger partial charge in [-0.3, -0.25) is 0 Å². The Bertz CT molecular complexity index is 411. The molecule has 2 nitrogen and oxygen atoms in total. The predicted molar refractivity (Wildman–Crippen MR) is 60.2 cm³/mol. The SMILES string of the molecule is NCCCC(c1ccc(OC(F)(F)F)cc1)C(F)(F)F. The molecule has 0 bridgehead atoms. The highest BCUT2D eigenvalue weighted by atomic mass is 19.4. The van der Waals surface area contributed by atoms with Crippen LogP contribution in [0.4, 0.5) is 26.3 Å². The molecule has 0 fully saturated rings. The Hall–Kier alpha value is -1.44. The molecule has 0 aliphatic carbocycles. The van der Waals surface area contributed by atoms with Crippen molar-refractivity contribution in [2.45, 2.75) is 31.3 Å². The minimum atomic E-state index is -4.87. The summed E-state index contributed by atoms with van der Waals surface area (Å²) in [6.07, 6.45) is -9.38. The minimum Gasteiger partial charge on any atom is -0.406 e. The highest BCUT2D eigenvalue weighted by Crippen LogP contribution is 2.38. The molecule has 0 aromatic heterocycles. The lowest BCUT2D eigenvalue weighted by atomic mass is 9.93. The van der Waals surface area contributed by atoms with Crippen LogP contribution in [0.3, 0.4) is 0 Å². The van der Waals surface area contributed by atoms with Gasteiger partial charge in [0.25, 0.3) is 0 Å². The molecule has 1 atom stereocenters. The predicted octanol–water partition coefficient (Wildman–Crippen LogP) is 3.97. The Kier molecular flexibility index (Phi) is 5.27. The molecule has 0 spiro atoms. The van der Waals surface area contributed by atoms with E-state index in [-0.39, 0.29) is 24.9 Å². The maximum Gasteiger partial charge on any atom is 0.573 e. The highest BCUT2D eigenvalue weighted by molar-refractivity contribution is 5.30. The van der Waals surface area contributed by atoms with Gasteiger partial charge in [0.05, 0.1) is 5.92 Å². The van der Waals surface area contributed by atoms with E-state index in [9.17, 15) is 26.3 Å². The van der Waals surface area contributed by atoms with Crippen LogP contribution in [0.15, 0.2) is 24.3 Å². The van der Waals surface area contributed by atoms with Crippen molar-refractivity contribution in [3.05, 3.63) is 29.8 Å². The van der Waals surface area contributed by atoms with Crippen molar-refractivity contribution in [2.75, 3.05) is 6.54 Å². The summed E-state index contributed by atoms with van der Waals surface area (Å²) in [6, 6.07) is 3.69. The first-order valence-corrected chi connectivity index (χ1v) is 5.76. The fourth-order valence-corrected chi connectivity index (χ4v) is 1.74. The second kappa shape index (κ2) is 6.34. The van der Waals surface area contributed by atoms with Crippen molar-refractivity contribution in [3.8, 4) is 5.75 Å². The summed E-state index contributed by atoms with van der Waals surface area (Å²) in [4.78, 5) is 0. The molecule has 0 radical (unpaired) electrons. The standard InChI is InChI=1S/C12H13F6NO/c13-11(14,15)10(2-1-7-19)8-3-5-9(6-4-8)20-12(16,17)18/h3-6,10H,1-2,7,19H2. The van der Waals surface area contributed by atoms with Gasteiger partial charge in [-0.15, -0.1) is 13.2 Å². The molecule has 114 valence electrons. The van der Waals surface area contributed by atoms with Gasteiger partial charge in [0.15, 0.2) is 0 Å². The van der Waals surface area contributed by atoms with Crippen molar-refractivity contribution in [1.82, 2.24) is 0 Å². The number of hydrogen-bond acceptors (Lipinski definition) is 2. The molecule has 0 aliphatic heterocycles. The average molecular weight is 301 g/mol. The molecule has 1 aromatic rings. The molecule has 1 unspecified atom stereocenters. The first kappa shape index (κ1) is 16.6. The van der Waals surface area contributed by atoms with Crippen LogP contribution in [0, 0.1) is 0 Å². The van der Waals surface area contributed by atoms with Gasteiger partial charge >= 0.3 is 12.5 Å². The quantitative estimate of drug-likeness (QED) is 0.835. The highest BCUT2D eigenvalue weighted by Gasteiger charge is 2.40. The van der Waals surface area contributed by atoms with E-state index in [0.29, 0.717) is 0 Å². The summed E-state index contributed by atoms with van der Waals surface area (Å²) < 4.78 is 78.0. The third-order valence-electron chi connectivity index (χ3n) is 2.61. The smallest absolute Gasteiger partial charge is 0.406 e. The van der Waals surface area contributed by atoms with Crippen LogP contribution >= 0.6 is 0 Å². The molecule has 0 heterocycles. The second-order valence-electron chi connectivity index (χ2n) is 4.14. The molecule has 0 saturated heterocycles. The monoisotopic (exact) mass is 301 g/mol. The van der Waals surface area contributed by atoms with Gasteiger partial charge < -0.3 is 10.5 Å². The Balaban J connectivity index is 2.88. The fourth-order valence-electron chi connectivity index (χ4n) is 1.74. The van der Waals surface area contributed by atoms with Gasteiger partial charge in [-0.05, 0) is 37.1 Å². The summed E-state index contributed by atoms with van der Waals surface area (Å²) in [7, 11) is 0. The lowest BCUT2D eigenvalue weighted by Crippen LogP contribution is -2.22. The lowest BCUT2D eigenvalue weighted by molar-refractivity contribution is -0.274. The third-order valence-corrected chi connectivity index (χ3v) is 2.61. The van der Waals surface area contributed by atoms with Gasteiger partial charge in [-0.2, -0.15) is 13.2 Å². The number of alkyl halides is 6. The summed E-state index contributed by atoms with van der Waals surface area (Å²) in [5.74, 6) is -2.30. The molecule has 2 N–H and O–H groups in total. The van der Waals surface area contributed by atoms with Crippen molar-refractivity contribution in [3.63, 3.8) is 0 Å². The number of nitrogens with two attached hydrogens (primary N) is 1. The van der Waals surface area contributed by atoms with E-state index >= 15 is 0 Å². The first-order chi connectivity index (χ1) is 9.13. The maximum atomic E-state index is 12.8. The number of rotatable bonds is 5. The van der Waals surface area contributed by atoms with E-state index in [1.165, 1.54) is 0 Å². The van der Waals surface area contributed by atoms with E-state index in [4.69, 9.17) is 5.73 Å². The maximum absolute atomic E-state index is 12.8. The van der Waals surface area contributed by atoms with Crippen LogP contribution in [0.25, 0.3) is 0 Å². The fraction of sp³-hybridized carbons (Fsp3) is 0.500. The summed E-state index contributed by atoms with van der Waals surface area (Å²) in [5, 5.41) is 0. The van der Waals surface area contributed by atoms with Crippen LogP contribution in [0.2, 0.25) is 0 Å². The molecular formula is C12H13F6NO. The Labute approximate surface area is 111 Å².